The van der Waals surface area contributed by atoms with Crippen LogP contribution in [0.4, 0.5) is 11.4 Å². The molecule has 0 saturated carbocycles. The number of carbonyl (C=O) groups excluding carboxylic acids is 3. The topological polar surface area (TPSA) is 169 Å². The average Bonchev–Trinajstić information content (AvgIpc) is 3.48. The van der Waals surface area contributed by atoms with Crippen LogP contribution in [0.15, 0.2) is 58.7 Å². The highest BCUT2D eigenvalue weighted by Gasteiger charge is 2.37. The largest absolute Gasteiger partial charge is 0.495 e. The number of imidazole rings is 1. The third-order valence-corrected chi connectivity index (χ3v) is 8.88. The number of halogens is 1. The number of fused-ring (bicyclic) bond motifs is 1. The number of rotatable bonds is 6. The van der Waals surface area contributed by atoms with E-state index in [2.05, 4.69) is 66.5 Å². The van der Waals surface area contributed by atoms with E-state index >= 15 is 0 Å². The molecule has 1 aliphatic rings. The van der Waals surface area contributed by atoms with E-state index in [0.717, 1.165) is 9.87 Å². The van der Waals surface area contributed by atoms with E-state index in [1.165, 1.54) is 40.8 Å². The monoisotopic (exact) mass is 677 g/mol. The summed E-state index contributed by atoms with van der Waals surface area (Å²) in [5.41, 5.74) is 1.62. The minimum absolute atomic E-state index is 0.00523. The van der Waals surface area contributed by atoms with Crippen LogP contribution < -0.4 is 10.1 Å². The van der Waals surface area contributed by atoms with Crippen LogP contribution in [0.25, 0.3) is 0 Å². The molecule has 1 aromatic heterocycles. The van der Waals surface area contributed by atoms with E-state index in [1.54, 1.807) is 24.3 Å². The van der Waals surface area contributed by atoms with Gasteiger partial charge < -0.3 is 24.5 Å². The van der Waals surface area contributed by atoms with Gasteiger partial charge in [-0.2, -0.15) is 0 Å². The van der Waals surface area contributed by atoms with Crippen LogP contribution in [-0.4, -0.2) is 79.6 Å². The molecule has 2 heterocycles. The SMILES string of the molecule is COC(=O)c1nc[nH]c1C(=O)OC.COc1ccc(C(C)(C)C)cc1NC(=O)C(Br)C1=Nc2ccccc2S(=O)(=O)N1C. The molecule has 15 heteroatoms. The Balaban J connectivity index is 0.000000326. The number of H-pyrrole nitrogens is 1. The van der Waals surface area contributed by atoms with Crippen LogP contribution in [-0.2, 0) is 29.7 Å². The molecule has 0 radical (unpaired) electrons. The molecule has 230 valence electrons. The number of alkyl halides is 1. The Morgan fingerprint density at radius 2 is 1.67 bits per heavy atom. The van der Waals surface area contributed by atoms with Crippen LogP contribution in [0.2, 0.25) is 0 Å². The number of amides is 1. The standard InChI is InChI=1S/C21H24BrN3O4S.C7H8N2O4/c1-21(2,3)13-10-11-16(29-5)15(12-13)24-20(26)18(22)19-23-14-8-6-7-9-17(14)30(27,28)25(19)4;1-12-6(10)4-5(7(11)13-2)9-3-8-4/h6-12,18H,1-5H3,(H,24,26);3H,1-2H3,(H,8,9). The first-order chi connectivity index (χ1) is 20.2. The van der Waals surface area contributed by atoms with E-state index in [-0.39, 0.29) is 27.5 Å². The lowest BCUT2D eigenvalue weighted by molar-refractivity contribution is -0.114. The van der Waals surface area contributed by atoms with Crippen molar-refractivity contribution in [1.82, 2.24) is 14.3 Å². The van der Waals surface area contributed by atoms with Gasteiger partial charge in [-0.05, 0) is 35.2 Å². The zero-order valence-corrected chi connectivity index (χ0v) is 27.0. The minimum Gasteiger partial charge on any atom is -0.495 e. The van der Waals surface area contributed by atoms with E-state index in [0.29, 0.717) is 17.1 Å². The fourth-order valence-electron chi connectivity index (χ4n) is 3.84. The van der Waals surface area contributed by atoms with E-state index in [4.69, 9.17) is 4.74 Å². The van der Waals surface area contributed by atoms with Crippen molar-refractivity contribution in [1.29, 1.82) is 0 Å². The summed E-state index contributed by atoms with van der Waals surface area (Å²) in [5, 5.41) is 2.83. The van der Waals surface area contributed by atoms with Crippen LogP contribution in [0.1, 0.15) is 47.3 Å². The number of carbonyl (C=O) groups is 3. The molecule has 3 aromatic rings. The van der Waals surface area contributed by atoms with E-state index in [1.807, 2.05) is 12.1 Å². The summed E-state index contributed by atoms with van der Waals surface area (Å²) in [6.07, 6.45) is 1.22. The minimum atomic E-state index is -3.79. The van der Waals surface area contributed by atoms with Gasteiger partial charge in [0.25, 0.3) is 10.0 Å². The number of anilines is 1. The lowest BCUT2D eigenvalue weighted by Gasteiger charge is -2.28. The summed E-state index contributed by atoms with van der Waals surface area (Å²) >= 11 is 3.32. The summed E-state index contributed by atoms with van der Waals surface area (Å²) < 4.78 is 40.9. The molecule has 0 bridgehead atoms. The summed E-state index contributed by atoms with van der Waals surface area (Å²) in [6, 6.07) is 12.0. The maximum absolute atomic E-state index is 13.0. The number of hydrogen-bond acceptors (Lipinski definition) is 10. The Kier molecular flexibility index (Phi) is 10.3. The van der Waals surface area contributed by atoms with Gasteiger partial charge >= 0.3 is 11.9 Å². The quantitative estimate of drug-likeness (QED) is 0.289. The average molecular weight is 679 g/mol. The highest BCUT2D eigenvalue weighted by molar-refractivity contribution is 9.10. The molecule has 2 N–H and O–H groups in total. The number of aliphatic imine (C=N–C) groups is 1. The second-order valence-corrected chi connectivity index (χ2v) is 12.9. The highest BCUT2D eigenvalue weighted by Crippen LogP contribution is 2.34. The zero-order valence-electron chi connectivity index (χ0n) is 24.6. The maximum Gasteiger partial charge on any atom is 0.359 e. The number of hydrogen-bond donors (Lipinski definition) is 2. The zero-order chi connectivity index (χ0) is 32.1. The third kappa shape index (κ3) is 7.22. The predicted molar refractivity (Wildman–Crippen MR) is 163 cm³/mol. The number of aromatic nitrogens is 2. The summed E-state index contributed by atoms with van der Waals surface area (Å²) in [5.74, 6) is -1.20. The molecular formula is C28H32BrN5O8S. The van der Waals surface area contributed by atoms with Crippen LogP contribution in [0.3, 0.4) is 0 Å². The van der Waals surface area contributed by atoms with Crippen molar-refractivity contribution in [2.45, 2.75) is 35.9 Å². The number of benzene rings is 2. The fourth-order valence-corrected chi connectivity index (χ4v) is 5.81. The molecule has 4 rings (SSSR count). The molecule has 0 saturated heterocycles. The van der Waals surface area contributed by atoms with Gasteiger partial charge in [0.05, 0.1) is 39.0 Å². The molecule has 0 spiro atoms. The molecule has 2 aromatic carbocycles. The smallest absolute Gasteiger partial charge is 0.359 e. The van der Waals surface area contributed by atoms with Gasteiger partial charge in [0.1, 0.15) is 16.5 Å². The van der Waals surface area contributed by atoms with Crippen LogP contribution in [0.5, 0.6) is 5.75 Å². The lowest BCUT2D eigenvalue weighted by atomic mass is 9.87. The Hall–Kier alpha value is -4.24. The molecule has 43 heavy (non-hydrogen) atoms. The second-order valence-electron chi connectivity index (χ2n) is 10.0. The first-order valence-corrected chi connectivity index (χ1v) is 15.0. The third-order valence-electron chi connectivity index (χ3n) is 6.25. The lowest BCUT2D eigenvalue weighted by Crippen LogP contribution is -2.44. The first-order valence-electron chi connectivity index (χ1n) is 12.7. The number of aromatic amines is 1. The number of sulfonamides is 1. The fraction of sp³-hybridized carbons (Fsp3) is 0.321. The highest BCUT2D eigenvalue weighted by atomic mass is 79.9. The van der Waals surface area contributed by atoms with Gasteiger partial charge in [0.15, 0.2) is 16.2 Å². The summed E-state index contributed by atoms with van der Waals surface area (Å²) in [7, 11) is 1.53. The first kappa shape index (κ1) is 33.3. The Morgan fingerprint density at radius 1 is 1.02 bits per heavy atom. The van der Waals surface area contributed by atoms with Crippen molar-refractivity contribution >= 4 is 61.0 Å². The number of esters is 2. The number of para-hydroxylation sites is 1. The van der Waals surface area contributed by atoms with Crippen molar-refractivity contribution in [3.05, 3.63) is 65.7 Å². The van der Waals surface area contributed by atoms with Crippen molar-refractivity contribution in [2.24, 2.45) is 4.99 Å². The Labute approximate surface area is 257 Å². The summed E-state index contributed by atoms with van der Waals surface area (Å²) in [4.78, 5) is 44.6. The molecule has 1 unspecified atom stereocenters. The molecule has 0 fully saturated rings. The Morgan fingerprint density at radius 3 is 2.28 bits per heavy atom. The molecule has 1 atom stereocenters. The van der Waals surface area contributed by atoms with E-state index in [9.17, 15) is 22.8 Å². The predicted octanol–water partition coefficient (Wildman–Crippen LogP) is 4.04. The van der Waals surface area contributed by atoms with Gasteiger partial charge in [-0.25, -0.2) is 28.0 Å². The molecule has 1 aliphatic heterocycles. The van der Waals surface area contributed by atoms with Gasteiger partial charge in [-0.1, -0.05) is 54.9 Å². The van der Waals surface area contributed by atoms with Crippen molar-refractivity contribution in [3.63, 3.8) is 0 Å². The maximum atomic E-state index is 13.0. The number of ether oxygens (including phenoxy) is 3. The molecule has 0 aliphatic carbocycles. The van der Waals surface area contributed by atoms with Gasteiger partial charge in [0.2, 0.25) is 5.91 Å². The van der Waals surface area contributed by atoms with Crippen LogP contribution in [0, 0.1) is 0 Å². The molecule has 1 amide bonds. The normalized spacial score (nSPS) is 14.2. The van der Waals surface area contributed by atoms with Gasteiger partial charge in [-0.15, -0.1) is 0 Å². The van der Waals surface area contributed by atoms with Crippen molar-refractivity contribution in [3.8, 4) is 5.75 Å². The second kappa shape index (κ2) is 13.4. The number of nitrogens with zero attached hydrogens (tertiary/aromatic N) is 3. The van der Waals surface area contributed by atoms with Crippen molar-refractivity contribution < 1.29 is 37.0 Å². The number of nitrogens with one attached hydrogen (secondary N) is 2. The number of amidine groups is 1. The Bertz CT molecular complexity index is 1630. The molecular weight excluding hydrogens is 646 g/mol. The van der Waals surface area contributed by atoms with Gasteiger partial charge in [0, 0.05) is 7.05 Å². The summed E-state index contributed by atoms with van der Waals surface area (Å²) in [6.45, 7) is 6.21. The van der Waals surface area contributed by atoms with Crippen LogP contribution >= 0.6 is 15.9 Å². The molecule has 13 nitrogen and oxygen atoms in total. The number of methoxy groups -OCH3 is 3. The van der Waals surface area contributed by atoms with E-state index < -0.39 is 32.7 Å². The van der Waals surface area contributed by atoms with Gasteiger partial charge in [-0.3, -0.25) is 9.10 Å². The van der Waals surface area contributed by atoms with Crippen molar-refractivity contribution in [2.75, 3.05) is 33.7 Å².